The van der Waals surface area contributed by atoms with Crippen molar-refractivity contribution in [2.45, 2.75) is 29.8 Å². The number of likely N-dealkylation sites (tertiary alicyclic amines) is 1. The molecule has 148 valence electrons. The minimum absolute atomic E-state index is 0.0509. The number of fused-ring (bicyclic) bond motifs is 1. The molecule has 0 spiro atoms. The minimum Gasteiger partial charge on any atom is -0.377 e. The van der Waals surface area contributed by atoms with Gasteiger partial charge >= 0.3 is 6.03 Å². The highest BCUT2D eigenvalue weighted by Crippen LogP contribution is 2.70. The summed E-state index contributed by atoms with van der Waals surface area (Å²) in [6.07, 6.45) is 3.55. The fraction of sp³-hybridized carbons (Fsp3) is 0.526. The van der Waals surface area contributed by atoms with Crippen LogP contribution in [-0.2, 0) is 10.2 Å². The third kappa shape index (κ3) is 2.45. The molecular formula is C19H21F2N5O2. The maximum Gasteiger partial charge on any atom is 0.317 e. The number of nitrogens with zero attached hydrogens (tertiary/aromatic N) is 4. The van der Waals surface area contributed by atoms with Crippen LogP contribution in [0.5, 0.6) is 0 Å². The van der Waals surface area contributed by atoms with Gasteiger partial charge in [0.1, 0.15) is 0 Å². The molecular weight excluding hydrogens is 368 g/mol. The molecule has 1 saturated carbocycles. The predicted molar refractivity (Wildman–Crippen MR) is 94.9 cm³/mol. The van der Waals surface area contributed by atoms with Crippen LogP contribution in [0, 0.1) is 5.92 Å². The quantitative estimate of drug-likeness (QED) is 0.870. The Labute approximate surface area is 160 Å². The van der Waals surface area contributed by atoms with Gasteiger partial charge in [-0.2, -0.15) is 0 Å². The average Bonchev–Trinajstić information content (AvgIpc) is 3.19. The number of amides is 2. The van der Waals surface area contributed by atoms with E-state index in [2.05, 4.69) is 15.6 Å². The van der Waals surface area contributed by atoms with Gasteiger partial charge in [-0.25, -0.2) is 18.3 Å². The van der Waals surface area contributed by atoms with Crippen LogP contribution in [0.1, 0.15) is 18.0 Å². The molecule has 3 fully saturated rings. The molecule has 3 aliphatic rings. The molecule has 9 heteroatoms. The molecule has 3 heterocycles. The number of alkyl halides is 2. The Bertz CT molecular complexity index is 862. The van der Waals surface area contributed by atoms with E-state index in [9.17, 15) is 13.6 Å². The fourth-order valence-corrected chi connectivity index (χ4v) is 4.81. The lowest BCUT2D eigenvalue weighted by molar-refractivity contribution is 0.0776. The number of hydrogen-bond acceptors (Lipinski definition) is 4. The van der Waals surface area contributed by atoms with Gasteiger partial charge in [-0.3, -0.25) is 0 Å². The second kappa shape index (κ2) is 6.23. The zero-order valence-electron chi connectivity index (χ0n) is 15.2. The van der Waals surface area contributed by atoms with Crippen molar-refractivity contribution in [2.75, 3.05) is 26.3 Å². The van der Waals surface area contributed by atoms with E-state index in [1.165, 1.54) is 4.90 Å². The highest BCUT2D eigenvalue weighted by atomic mass is 19.3. The van der Waals surface area contributed by atoms with Gasteiger partial charge < -0.3 is 15.0 Å². The SMILES string of the molecule is O=C(N[C@H]1COC[C@H]1n1ccnn1)N1CCC2(c3ccccc3)C(C1)C2(F)F. The van der Waals surface area contributed by atoms with Crippen molar-refractivity contribution < 1.29 is 18.3 Å². The minimum atomic E-state index is -2.79. The third-order valence-electron chi connectivity index (χ3n) is 6.44. The second-order valence-corrected chi connectivity index (χ2v) is 7.75. The molecule has 5 rings (SSSR count). The summed E-state index contributed by atoms with van der Waals surface area (Å²) in [7, 11) is 0. The normalized spacial score (nSPS) is 33.4. The largest absolute Gasteiger partial charge is 0.377 e. The number of hydrogen-bond donors (Lipinski definition) is 1. The zero-order valence-corrected chi connectivity index (χ0v) is 15.2. The summed E-state index contributed by atoms with van der Waals surface area (Å²) in [5, 5.41) is 10.7. The van der Waals surface area contributed by atoms with E-state index >= 15 is 0 Å². The molecule has 2 aromatic rings. The molecule has 4 atom stereocenters. The Balaban J connectivity index is 1.27. The van der Waals surface area contributed by atoms with E-state index in [1.807, 2.05) is 6.07 Å². The summed E-state index contributed by atoms with van der Waals surface area (Å²) < 4.78 is 36.6. The van der Waals surface area contributed by atoms with E-state index in [0.717, 1.165) is 0 Å². The van der Waals surface area contributed by atoms with E-state index in [1.54, 1.807) is 41.3 Å². The number of rotatable bonds is 3. The summed E-state index contributed by atoms with van der Waals surface area (Å²) in [5.41, 5.74) is -0.467. The van der Waals surface area contributed by atoms with Gasteiger partial charge in [0.2, 0.25) is 0 Å². The maximum absolute atomic E-state index is 14.7. The molecule has 28 heavy (non-hydrogen) atoms. The van der Waals surface area contributed by atoms with Crippen molar-refractivity contribution >= 4 is 6.03 Å². The van der Waals surface area contributed by atoms with Gasteiger partial charge in [0, 0.05) is 19.3 Å². The first-order valence-electron chi connectivity index (χ1n) is 9.46. The Kier molecular flexibility index (Phi) is 3.90. The van der Waals surface area contributed by atoms with Gasteiger partial charge in [0.05, 0.1) is 42.8 Å². The van der Waals surface area contributed by atoms with Gasteiger partial charge in [-0.15, -0.1) is 5.10 Å². The molecule has 0 bridgehead atoms. The number of piperidine rings is 1. The molecule has 2 aliphatic heterocycles. The lowest BCUT2D eigenvalue weighted by Gasteiger charge is -2.32. The summed E-state index contributed by atoms with van der Waals surface area (Å²) >= 11 is 0. The maximum atomic E-state index is 14.7. The number of benzene rings is 1. The first-order chi connectivity index (χ1) is 13.5. The molecule has 0 radical (unpaired) electrons. The van der Waals surface area contributed by atoms with Crippen molar-refractivity contribution in [3.8, 4) is 0 Å². The molecule has 7 nitrogen and oxygen atoms in total. The zero-order chi connectivity index (χ0) is 19.4. The summed E-state index contributed by atoms with van der Waals surface area (Å²) in [5.74, 6) is -3.63. The van der Waals surface area contributed by atoms with Crippen LogP contribution < -0.4 is 5.32 Å². The number of aromatic nitrogens is 3. The van der Waals surface area contributed by atoms with Crippen molar-refractivity contribution in [3.05, 3.63) is 48.3 Å². The number of urea groups is 1. The average molecular weight is 389 g/mol. The number of carbonyl (C=O) groups excluding carboxylic acids is 1. The highest BCUT2D eigenvalue weighted by molar-refractivity contribution is 5.75. The molecule has 2 amide bonds. The van der Waals surface area contributed by atoms with Crippen LogP contribution in [0.2, 0.25) is 0 Å². The van der Waals surface area contributed by atoms with Gasteiger partial charge in [0.25, 0.3) is 5.92 Å². The monoisotopic (exact) mass is 389 g/mol. The van der Waals surface area contributed by atoms with Crippen molar-refractivity contribution in [1.82, 2.24) is 25.2 Å². The van der Waals surface area contributed by atoms with Crippen LogP contribution in [0.25, 0.3) is 0 Å². The number of halogens is 2. The van der Waals surface area contributed by atoms with Gasteiger partial charge in [0.15, 0.2) is 0 Å². The van der Waals surface area contributed by atoms with E-state index < -0.39 is 17.3 Å². The summed E-state index contributed by atoms with van der Waals surface area (Å²) in [6, 6.07) is 8.19. The van der Waals surface area contributed by atoms with Crippen molar-refractivity contribution in [2.24, 2.45) is 5.92 Å². The Hall–Kier alpha value is -2.55. The molecule has 1 N–H and O–H groups in total. The smallest absolute Gasteiger partial charge is 0.317 e. The third-order valence-corrected chi connectivity index (χ3v) is 6.44. The molecule has 1 aromatic heterocycles. The highest BCUT2D eigenvalue weighted by Gasteiger charge is 2.81. The van der Waals surface area contributed by atoms with E-state index in [4.69, 9.17) is 4.74 Å². The molecule has 2 saturated heterocycles. The van der Waals surface area contributed by atoms with Crippen LogP contribution in [0.15, 0.2) is 42.7 Å². The Morgan fingerprint density at radius 3 is 2.79 bits per heavy atom. The molecule has 1 aromatic carbocycles. The van der Waals surface area contributed by atoms with Crippen LogP contribution in [0.4, 0.5) is 13.6 Å². The van der Waals surface area contributed by atoms with Crippen LogP contribution in [-0.4, -0.2) is 64.2 Å². The number of ether oxygens (including phenoxy) is 1. The summed E-state index contributed by atoms with van der Waals surface area (Å²) in [6.45, 7) is 1.13. The number of nitrogens with one attached hydrogen (secondary N) is 1. The van der Waals surface area contributed by atoms with Crippen molar-refractivity contribution in [3.63, 3.8) is 0 Å². The first-order valence-corrected chi connectivity index (χ1v) is 9.46. The van der Waals surface area contributed by atoms with Crippen LogP contribution >= 0.6 is 0 Å². The standard InChI is InChI=1S/C19H21F2N5O2/c20-19(21)16-10-25(8-6-18(16,19)13-4-2-1-3-5-13)17(27)23-14-11-28-12-15(14)26-9-7-22-24-26/h1-5,7,9,14-16H,6,8,10-12H2,(H,23,27)/t14-,15+,16?,18?/m0/s1. The lowest BCUT2D eigenvalue weighted by Crippen LogP contribution is -2.50. The molecule has 2 unspecified atom stereocenters. The molecule has 1 aliphatic carbocycles. The van der Waals surface area contributed by atoms with Crippen LogP contribution in [0.3, 0.4) is 0 Å². The first kappa shape index (κ1) is 17.5. The lowest BCUT2D eigenvalue weighted by atomic mass is 9.87. The Morgan fingerprint density at radius 1 is 1.25 bits per heavy atom. The number of carbonyl (C=O) groups is 1. The second-order valence-electron chi connectivity index (χ2n) is 7.75. The van der Waals surface area contributed by atoms with E-state index in [0.29, 0.717) is 25.3 Å². The predicted octanol–water partition coefficient (Wildman–Crippen LogP) is 1.84. The van der Waals surface area contributed by atoms with Crippen molar-refractivity contribution in [1.29, 1.82) is 0 Å². The topological polar surface area (TPSA) is 72.3 Å². The summed E-state index contributed by atoms with van der Waals surface area (Å²) in [4.78, 5) is 14.3. The fourth-order valence-electron chi connectivity index (χ4n) is 4.81. The van der Waals surface area contributed by atoms with Gasteiger partial charge in [-0.1, -0.05) is 35.5 Å². The van der Waals surface area contributed by atoms with Gasteiger partial charge in [-0.05, 0) is 12.0 Å². The Morgan fingerprint density at radius 2 is 2.07 bits per heavy atom. The van der Waals surface area contributed by atoms with E-state index in [-0.39, 0.29) is 31.1 Å².